The van der Waals surface area contributed by atoms with E-state index < -0.39 is 10.0 Å². The van der Waals surface area contributed by atoms with Crippen molar-refractivity contribution in [3.8, 4) is 0 Å². The molecule has 7 nitrogen and oxygen atoms in total. The molecule has 0 radical (unpaired) electrons. The van der Waals surface area contributed by atoms with E-state index in [1.54, 1.807) is 42.5 Å². The maximum Gasteiger partial charge on any atom is 0.240 e. The van der Waals surface area contributed by atoms with Crippen molar-refractivity contribution < 1.29 is 18.0 Å². The molecule has 0 unspecified atom stereocenters. The second-order valence-corrected chi connectivity index (χ2v) is 8.23. The molecule has 0 aliphatic carbocycles. The van der Waals surface area contributed by atoms with Crippen LogP contribution >= 0.6 is 0 Å². The first kappa shape index (κ1) is 20.5. The van der Waals surface area contributed by atoms with Crippen molar-refractivity contribution in [1.29, 1.82) is 0 Å². The van der Waals surface area contributed by atoms with Gasteiger partial charge in [0.1, 0.15) is 0 Å². The molecular weight excluding hydrogens is 390 g/mol. The van der Waals surface area contributed by atoms with Crippen LogP contribution in [0.25, 0.3) is 10.8 Å². The maximum absolute atomic E-state index is 12.5. The minimum absolute atomic E-state index is 0.0136. The number of amides is 2. The van der Waals surface area contributed by atoms with Gasteiger partial charge in [0.05, 0.1) is 4.90 Å². The lowest BCUT2D eigenvalue weighted by molar-refractivity contribution is -0.116. The molecule has 0 atom stereocenters. The summed E-state index contributed by atoms with van der Waals surface area (Å²) in [5, 5.41) is 7.10. The Hall–Kier alpha value is -3.23. The Morgan fingerprint density at radius 3 is 2.10 bits per heavy atom. The summed E-state index contributed by atoms with van der Waals surface area (Å²) >= 11 is 0. The molecule has 3 N–H and O–H groups in total. The van der Waals surface area contributed by atoms with E-state index in [-0.39, 0.29) is 29.7 Å². The number of fused-ring (bicyclic) bond motifs is 1. The first-order valence-corrected chi connectivity index (χ1v) is 10.5. The Labute approximate surface area is 169 Å². The molecule has 0 fully saturated rings. The monoisotopic (exact) mass is 411 g/mol. The Balaban J connectivity index is 1.54. The molecule has 0 saturated carbocycles. The maximum atomic E-state index is 12.5. The lowest BCUT2D eigenvalue weighted by atomic mass is 10.1. The largest absolute Gasteiger partial charge is 0.326 e. The minimum Gasteiger partial charge on any atom is -0.326 e. The van der Waals surface area contributed by atoms with Gasteiger partial charge in [-0.15, -0.1) is 0 Å². The third kappa shape index (κ3) is 5.63. The molecule has 0 heterocycles. The Morgan fingerprint density at radius 2 is 1.45 bits per heavy atom. The third-order valence-electron chi connectivity index (χ3n) is 4.16. The molecule has 0 spiro atoms. The number of carbonyl (C=O) groups excluding carboxylic acids is 2. The van der Waals surface area contributed by atoms with Gasteiger partial charge in [0, 0.05) is 31.3 Å². The standard InChI is InChI=1S/C21H21N3O4S/c1-15(25)23-18-7-9-19(10-8-18)24-21(26)12-13-22-29(27,28)20-11-6-16-4-2-3-5-17(16)14-20/h2-11,14,22H,12-13H2,1H3,(H,23,25)(H,24,26). The molecular formula is C21H21N3O4S. The molecule has 3 aromatic carbocycles. The van der Waals surface area contributed by atoms with Crippen LogP contribution in [0.3, 0.4) is 0 Å². The highest BCUT2D eigenvalue weighted by Crippen LogP contribution is 2.19. The van der Waals surface area contributed by atoms with Crippen molar-refractivity contribution in [2.75, 3.05) is 17.2 Å². The van der Waals surface area contributed by atoms with Crippen LogP contribution in [-0.4, -0.2) is 26.8 Å². The molecule has 0 bridgehead atoms. The molecule has 150 valence electrons. The van der Waals surface area contributed by atoms with E-state index in [9.17, 15) is 18.0 Å². The van der Waals surface area contributed by atoms with Crippen molar-refractivity contribution in [2.24, 2.45) is 0 Å². The Kier molecular flexibility index (Phi) is 6.26. The van der Waals surface area contributed by atoms with Crippen LogP contribution in [0.15, 0.2) is 71.6 Å². The minimum atomic E-state index is -3.71. The fourth-order valence-electron chi connectivity index (χ4n) is 2.78. The lowest BCUT2D eigenvalue weighted by Crippen LogP contribution is -2.27. The summed E-state index contributed by atoms with van der Waals surface area (Å²) in [5.74, 6) is -0.501. The Bertz CT molecular complexity index is 1140. The van der Waals surface area contributed by atoms with Crippen LogP contribution in [-0.2, 0) is 19.6 Å². The van der Waals surface area contributed by atoms with Gasteiger partial charge in [-0.25, -0.2) is 13.1 Å². The van der Waals surface area contributed by atoms with Gasteiger partial charge < -0.3 is 10.6 Å². The van der Waals surface area contributed by atoms with E-state index >= 15 is 0 Å². The molecule has 0 aromatic heterocycles. The summed E-state index contributed by atoms with van der Waals surface area (Å²) in [4.78, 5) is 23.2. The van der Waals surface area contributed by atoms with Crippen molar-refractivity contribution in [1.82, 2.24) is 4.72 Å². The van der Waals surface area contributed by atoms with Crippen LogP contribution in [0.5, 0.6) is 0 Å². The molecule has 0 aliphatic heterocycles. The smallest absolute Gasteiger partial charge is 0.240 e. The van der Waals surface area contributed by atoms with E-state index in [0.717, 1.165) is 10.8 Å². The van der Waals surface area contributed by atoms with E-state index in [1.807, 2.05) is 24.3 Å². The number of nitrogens with one attached hydrogen (secondary N) is 3. The number of hydrogen-bond donors (Lipinski definition) is 3. The van der Waals surface area contributed by atoms with E-state index in [0.29, 0.717) is 11.4 Å². The quantitative estimate of drug-likeness (QED) is 0.556. The lowest BCUT2D eigenvalue weighted by Gasteiger charge is -2.09. The van der Waals surface area contributed by atoms with E-state index in [1.165, 1.54) is 6.92 Å². The normalized spacial score (nSPS) is 11.2. The van der Waals surface area contributed by atoms with Crippen molar-refractivity contribution in [3.63, 3.8) is 0 Å². The van der Waals surface area contributed by atoms with Crippen LogP contribution in [0.1, 0.15) is 13.3 Å². The summed E-state index contributed by atoms with van der Waals surface area (Å²) in [6.45, 7) is 1.39. The highest BCUT2D eigenvalue weighted by Gasteiger charge is 2.14. The highest BCUT2D eigenvalue weighted by molar-refractivity contribution is 7.89. The molecule has 3 rings (SSSR count). The first-order chi connectivity index (χ1) is 13.8. The van der Waals surface area contributed by atoms with Gasteiger partial charge in [-0.2, -0.15) is 0 Å². The molecule has 8 heteroatoms. The number of benzene rings is 3. The highest BCUT2D eigenvalue weighted by atomic mass is 32.2. The fourth-order valence-corrected chi connectivity index (χ4v) is 3.85. The summed E-state index contributed by atoms with van der Waals surface area (Å²) in [5.41, 5.74) is 1.18. The summed E-state index contributed by atoms with van der Waals surface area (Å²) in [6.07, 6.45) is -0.0136. The number of carbonyl (C=O) groups is 2. The van der Waals surface area contributed by atoms with Gasteiger partial charge in [0.15, 0.2) is 0 Å². The zero-order valence-electron chi connectivity index (χ0n) is 15.8. The second-order valence-electron chi connectivity index (χ2n) is 6.46. The number of sulfonamides is 1. The van der Waals surface area contributed by atoms with E-state index in [2.05, 4.69) is 15.4 Å². The van der Waals surface area contributed by atoms with Crippen molar-refractivity contribution in [2.45, 2.75) is 18.2 Å². The summed E-state index contributed by atoms with van der Waals surface area (Å²) in [7, 11) is -3.71. The average molecular weight is 411 g/mol. The predicted octanol–water partition coefficient (Wildman–Crippen LogP) is 3.11. The number of hydrogen-bond acceptors (Lipinski definition) is 4. The number of rotatable bonds is 7. The molecule has 2 amide bonds. The van der Waals surface area contributed by atoms with Crippen LogP contribution in [0.4, 0.5) is 11.4 Å². The Morgan fingerprint density at radius 1 is 0.828 bits per heavy atom. The second kappa shape index (κ2) is 8.85. The first-order valence-electron chi connectivity index (χ1n) is 8.99. The van der Waals surface area contributed by atoms with E-state index in [4.69, 9.17) is 0 Å². The predicted molar refractivity (Wildman–Crippen MR) is 113 cm³/mol. The molecule has 0 aliphatic rings. The molecule has 3 aromatic rings. The topological polar surface area (TPSA) is 104 Å². The zero-order valence-corrected chi connectivity index (χ0v) is 16.6. The average Bonchev–Trinajstić information content (AvgIpc) is 2.68. The van der Waals surface area contributed by atoms with Crippen molar-refractivity contribution >= 4 is 44.0 Å². The fraction of sp³-hybridized carbons (Fsp3) is 0.143. The van der Waals surface area contributed by atoms with Crippen molar-refractivity contribution in [3.05, 3.63) is 66.7 Å². The van der Waals surface area contributed by atoms with Crippen LogP contribution < -0.4 is 15.4 Å². The van der Waals surface area contributed by atoms with Crippen LogP contribution in [0, 0.1) is 0 Å². The van der Waals surface area contributed by atoms with Gasteiger partial charge in [-0.1, -0.05) is 30.3 Å². The zero-order chi connectivity index (χ0) is 20.9. The van der Waals surface area contributed by atoms with Gasteiger partial charge in [0.25, 0.3) is 0 Å². The SMILES string of the molecule is CC(=O)Nc1ccc(NC(=O)CCNS(=O)(=O)c2ccc3ccccc3c2)cc1. The van der Waals surface area contributed by atoms with Gasteiger partial charge in [-0.05, 0) is 47.2 Å². The molecule has 29 heavy (non-hydrogen) atoms. The summed E-state index contributed by atoms with van der Waals surface area (Å²) < 4.78 is 27.4. The molecule has 0 saturated heterocycles. The van der Waals surface area contributed by atoms with Gasteiger partial charge >= 0.3 is 0 Å². The van der Waals surface area contributed by atoms with Gasteiger partial charge in [0.2, 0.25) is 21.8 Å². The third-order valence-corrected chi connectivity index (χ3v) is 5.62. The number of anilines is 2. The summed E-state index contributed by atoms with van der Waals surface area (Å²) in [6, 6.07) is 19.0. The van der Waals surface area contributed by atoms with Crippen LogP contribution in [0.2, 0.25) is 0 Å². The van der Waals surface area contributed by atoms with Gasteiger partial charge in [-0.3, -0.25) is 9.59 Å².